The summed E-state index contributed by atoms with van der Waals surface area (Å²) in [6.45, 7) is 4.22. The summed E-state index contributed by atoms with van der Waals surface area (Å²) in [4.78, 5) is 29.6. The number of carbonyl (C=O) groups is 2. The van der Waals surface area contributed by atoms with Crippen molar-refractivity contribution in [2.45, 2.75) is 70.5 Å². The van der Waals surface area contributed by atoms with Crippen LogP contribution in [-0.2, 0) is 11.3 Å². The Morgan fingerprint density at radius 1 is 1.06 bits per heavy atom. The zero-order valence-electron chi connectivity index (χ0n) is 19.2. The Bertz CT molecular complexity index is 1230. The van der Waals surface area contributed by atoms with Crippen molar-refractivity contribution in [2.75, 3.05) is 4.90 Å². The van der Waals surface area contributed by atoms with Gasteiger partial charge >= 0.3 is 0 Å². The molecule has 1 fully saturated rings. The van der Waals surface area contributed by atoms with Gasteiger partial charge in [0.25, 0.3) is 5.91 Å². The van der Waals surface area contributed by atoms with Crippen LogP contribution in [0.25, 0.3) is 10.9 Å². The van der Waals surface area contributed by atoms with Crippen molar-refractivity contribution in [3.63, 3.8) is 0 Å². The lowest BCUT2D eigenvalue weighted by Crippen LogP contribution is -2.65. The van der Waals surface area contributed by atoms with Crippen LogP contribution in [0.5, 0.6) is 0 Å². The van der Waals surface area contributed by atoms with Crippen LogP contribution in [0.15, 0.2) is 48.5 Å². The highest BCUT2D eigenvalue weighted by Crippen LogP contribution is 2.38. The van der Waals surface area contributed by atoms with Crippen LogP contribution in [0.2, 0.25) is 5.02 Å². The van der Waals surface area contributed by atoms with Crippen LogP contribution in [-0.4, -0.2) is 28.0 Å². The maximum atomic E-state index is 14.0. The van der Waals surface area contributed by atoms with E-state index in [0.717, 1.165) is 42.1 Å². The lowest BCUT2D eigenvalue weighted by molar-refractivity contribution is -0.127. The molecule has 33 heavy (non-hydrogen) atoms. The molecule has 6 heteroatoms. The third-order valence-electron chi connectivity index (χ3n) is 7.28. The molecule has 2 heterocycles. The summed E-state index contributed by atoms with van der Waals surface area (Å²) in [6.07, 6.45) is 6.67. The van der Waals surface area contributed by atoms with Crippen molar-refractivity contribution in [1.82, 2.24) is 9.88 Å². The first-order valence-corrected chi connectivity index (χ1v) is 12.3. The van der Waals surface area contributed by atoms with E-state index in [1.54, 1.807) is 11.0 Å². The minimum absolute atomic E-state index is 0.106. The number of amides is 2. The molecule has 1 aliphatic heterocycles. The minimum atomic E-state index is -1.09. The molecule has 5 rings (SSSR count). The molecule has 0 radical (unpaired) electrons. The van der Waals surface area contributed by atoms with Crippen LogP contribution >= 0.6 is 11.6 Å². The molecule has 1 aromatic heterocycles. The molecule has 3 aromatic rings. The molecule has 1 unspecified atom stereocenters. The quantitative estimate of drug-likeness (QED) is 0.494. The summed E-state index contributed by atoms with van der Waals surface area (Å²) in [7, 11) is 0. The number of carbonyl (C=O) groups excluding carboxylic acids is 2. The number of halogens is 1. The first-order chi connectivity index (χ1) is 15.9. The van der Waals surface area contributed by atoms with E-state index in [-0.39, 0.29) is 17.9 Å². The molecule has 0 saturated heterocycles. The third-order valence-corrected chi connectivity index (χ3v) is 7.52. The monoisotopic (exact) mass is 463 g/mol. The Hall–Kier alpha value is -2.79. The fourth-order valence-electron chi connectivity index (χ4n) is 5.41. The van der Waals surface area contributed by atoms with E-state index in [1.807, 2.05) is 60.9 Å². The van der Waals surface area contributed by atoms with Crippen LogP contribution in [0.1, 0.15) is 61.5 Å². The Kier molecular flexibility index (Phi) is 5.69. The first kappa shape index (κ1) is 22.0. The number of para-hydroxylation sites is 1. The Balaban J connectivity index is 1.62. The molecule has 5 nitrogen and oxygen atoms in total. The molecule has 0 spiro atoms. The molecule has 0 bridgehead atoms. The number of hydrogen-bond acceptors (Lipinski definition) is 2. The van der Waals surface area contributed by atoms with Gasteiger partial charge in [0.1, 0.15) is 11.2 Å². The Morgan fingerprint density at radius 2 is 1.79 bits per heavy atom. The summed E-state index contributed by atoms with van der Waals surface area (Å²) in [5.74, 6) is -0.285. The largest absolute Gasteiger partial charge is 0.351 e. The van der Waals surface area contributed by atoms with E-state index in [4.69, 9.17) is 11.6 Å². The fraction of sp³-hybridized carbons (Fsp3) is 0.407. The van der Waals surface area contributed by atoms with Crippen LogP contribution < -0.4 is 10.2 Å². The van der Waals surface area contributed by atoms with Gasteiger partial charge in [-0.25, -0.2) is 0 Å². The molecule has 1 atom stereocenters. The highest BCUT2D eigenvalue weighted by molar-refractivity contribution is 6.31. The lowest BCUT2D eigenvalue weighted by atomic mass is 9.92. The number of aromatic nitrogens is 1. The summed E-state index contributed by atoms with van der Waals surface area (Å²) in [6, 6.07) is 15.5. The number of fused-ring (bicyclic) bond motifs is 3. The van der Waals surface area contributed by atoms with Gasteiger partial charge in [-0.2, -0.15) is 0 Å². The smallest absolute Gasteiger partial charge is 0.275 e. The topological polar surface area (TPSA) is 54.3 Å². The molecule has 1 N–H and O–H groups in total. The molecule has 2 aliphatic rings. The number of anilines is 1. The number of nitrogens with zero attached hydrogens (tertiary/aromatic N) is 2. The van der Waals surface area contributed by atoms with Gasteiger partial charge in [-0.3, -0.25) is 14.5 Å². The van der Waals surface area contributed by atoms with Crippen molar-refractivity contribution in [2.24, 2.45) is 0 Å². The molecule has 2 aromatic carbocycles. The molecule has 1 saturated carbocycles. The van der Waals surface area contributed by atoms with Crippen LogP contribution in [0.3, 0.4) is 0 Å². The van der Waals surface area contributed by atoms with E-state index in [1.165, 1.54) is 12.8 Å². The standard InChI is InChI=1S/C27H30ClN3O2/c1-18-13-14-20(28)16-23(18)31-25(32)24-15-19-9-7-8-12-22(19)30(24)17-27(31,2)26(33)29-21-10-5-3-4-6-11-21/h7-9,12-16,21H,3-6,10-11,17H2,1-2H3,(H,29,33). The second kappa shape index (κ2) is 8.53. The first-order valence-electron chi connectivity index (χ1n) is 11.9. The molecule has 172 valence electrons. The highest BCUT2D eigenvalue weighted by Gasteiger charge is 2.49. The van der Waals surface area contributed by atoms with Gasteiger partial charge in [0.15, 0.2) is 0 Å². The zero-order valence-corrected chi connectivity index (χ0v) is 20.0. The predicted molar refractivity (Wildman–Crippen MR) is 133 cm³/mol. The lowest BCUT2D eigenvalue weighted by Gasteiger charge is -2.45. The molecule has 1 aliphatic carbocycles. The Labute approximate surface area is 199 Å². The van der Waals surface area contributed by atoms with E-state index in [9.17, 15) is 9.59 Å². The van der Waals surface area contributed by atoms with Gasteiger partial charge in [0.2, 0.25) is 5.91 Å². The van der Waals surface area contributed by atoms with E-state index >= 15 is 0 Å². The molecular formula is C27H30ClN3O2. The number of hydrogen-bond donors (Lipinski definition) is 1. The third kappa shape index (κ3) is 3.82. The van der Waals surface area contributed by atoms with Crippen molar-refractivity contribution < 1.29 is 9.59 Å². The predicted octanol–water partition coefficient (Wildman–Crippen LogP) is 5.86. The number of nitrogens with one attached hydrogen (secondary N) is 1. The molecule has 2 amide bonds. The van der Waals surface area contributed by atoms with Crippen molar-refractivity contribution in [3.05, 3.63) is 64.8 Å². The zero-order chi connectivity index (χ0) is 23.2. The van der Waals surface area contributed by atoms with E-state index < -0.39 is 5.54 Å². The molecular weight excluding hydrogens is 434 g/mol. The summed E-state index contributed by atoms with van der Waals surface area (Å²) >= 11 is 6.35. The van der Waals surface area contributed by atoms with Crippen molar-refractivity contribution in [3.8, 4) is 0 Å². The van der Waals surface area contributed by atoms with Gasteiger partial charge in [0.05, 0.1) is 6.54 Å². The average Bonchev–Trinajstić information content (AvgIpc) is 2.97. The van der Waals surface area contributed by atoms with Gasteiger partial charge in [-0.05, 0) is 56.5 Å². The number of benzene rings is 2. The SMILES string of the molecule is Cc1ccc(Cl)cc1N1C(=O)c2cc3ccccc3n2CC1(C)C(=O)NC1CCCCCC1. The van der Waals surface area contributed by atoms with Gasteiger partial charge in [-0.15, -0.1) is 0 Å². The van der Waals surface area contributed by atoms with Gasteiger partial charge in [-0.1, -0.05) is 61.5 Å². The number of aryl methyl sites for hydroxylation is 1. The van der Waals surface area contributed by atoms with Gasteiger partial charge in [0, 0.05) is 27.7 Å². The minimum Gasteiger partial charge on any atom is -0.351 e. The van der Waals surface area contributed by atoms with E-state index in [0.29, 0.717) is 22.9 Å². The highest BCUT2D eigenvalue weighted by atomic mass is 35.5. The fourth-order valence-corrected chi connectivity index (χ4v) is 5.58. The van der Waals surface area contributed by atoms with Crippen LogP contribution in [0.4, 0.5) is 5.69 Å². The van der Waals surface area contributed by atoms with Crippen molar-refractivity contribution >= 4 is 40.0 Å². The normalized spacial score (nSPS) is 21.7. The maximum Gasteiger partial charge on any atom is 0.275 e. The maximum absolute atomic E-state index is 14.0. The van der Waals surface area contributed by atoms with Gasteiger partial charge < -0.3 is 9.88 Å². The van der Waals surface area contributed by atoms with E-state index in [2.05, 4.69) is 5.32 Å². The van der Waals surface area contributed by atoms with Crippen molar-refractivity contribution in [1.29, 1.82) is 0 Å². The number of rotatable bonds is 3. The Morgan fingerprint density at radius 3 is 2.55 bits per heavy atom. The average molecular weight is 464 g/mol. The second-order valence-electron chi connectivity index (χ2n) is 9.68. The summed E-state index contributed by atoms with van der Waals surface area (Å²) in [5.41, 5.74) is 2.06. The second-order valence-corrected chi connectivity index (χ2v) is 10.1. The summed E-state index contributed by atoms with van der Waals surface area (Å²) < 4.78 is 2.00. The van der Waals surface area contributed by atoms with Crippen LogP contribution in [0, 0.1) is 6.92 Å². The summed E-state index contributed by atoms with van der Waals surface area (Å²) in [5, 5.41) is 4.86.